The van der Waals surface area contributed by atoms with Crippen LogP contribution in [-0.4, -0.2) is 33.0 Å². The van der Waals surface area contributed by atoms with Gasteiger partial charge in [0.25, 0.3) is 5.91 Å². The molecule has 7 heteroatoms. The molecule has 1 amide bonds. The minimum Gasteiger partial charge on any atom is -0.337 e. The molecule has 0 saturated carbocycles. The molecule has 1 aromatic carbocycles. The van der Waals surface area contributed by atoms with Crippen molar-refractivity contribution < 1.29 is 9.32 Å². The molecule has 0 atom stereocenters. The third-order valence-corrected chi connectivity index (χ3v) is 4.34. The molecule has 0 aliphatic rings. The van der Waals surface area contributed by atoms with Crippen LogP contribution in [-0.2, 0) is 13.0 Å². The molecule has 0 spiro atoms. The summed E-state index contributed by atoms with van der Waals surface area (Å²) < 4.78 is 5.14. The lowest BCUT2D eigenvalue weighted by atomic mass is 10.1. The van der Waals surface area contributed by atoms with Crippen molar-refractivity contribution >= 4 is 17.2 Å². The number of thiazole rings is 1. The number of hydrogen-bond donors (Lipinski definition) is 0. The molecule has 124 valence electrons. The van der Waals surface area contributed by atoms with Crippen molar-refractivity contribution in [3.05, 3.63) is 51.9 Å². The number of nitrogens with zero attached hydrogens (tertiary/aromatic N) is 4. The Hall–Kier alpha value is -2.54. The van der Waals surface area contributed by atoms with Crippen LogP contribution in [0.5, 0.6) is 0 Å². The monoisotopic (exact) mass is 342 g/mol. The average Bonchev–Trinajstić information content (AvgIpc) is 3.23. The van der Waals surface area contributed by atoms with Crippen LogP contribution < -0.4 is 0 Å². The number of rotatable bonds is 5. The molecular formula is C17H18N4O2S. The molecular weight excluding hydrogens is 324 g/mol. The molecule has 0 bridgehead atoms. The van der Waals surface area contributed by atoms with Crippen LogP contribution in [0.1, 0.15) is 34.0 Å². The zero-order chi connectivity index (χ0) is 17.1. The van der Waals surface area contributed by atoms with Gasteiger partial charge < -0.3 is 9.42 Å². The summed E-state index contributed by atoms with van der Waals surface area (Å²) in [6.45, 7) is 4.20. The fourth-order valence-electron chi connectivity index (χ4n) is 2.30. The van der Waals surface area contributed by atoms with E-state index in [1.807, 2.05) is 37.4 Å². The summed E-state index contributed by atoms with van der Waals surface area (Å²) in [7, 11) is 1.72. The lowest BCUT2D eigenvalue weighted by Crippen LogP contribution is -2.26. The maximum absolute atomic E-state index is 12.6. The van der Waals surface area contributed by atoms with E-state index in [0.717, 1.165) is 16.3 Å². The van der Waals surface area contributed by atoms with Crippen molar-refractivity contribution in [2.75, 3.05) is 7.05 Å². The highest BCUT2D eigenvalue weighted by Gasteiger charge is 2.16. The summed E-state index contributed by atoms with van der Waals surface area (Å²) in [5.41, 5.74) is 2.43. The van der Waals surface area contributed by atoms with E-state index in [2.05, 4.69) is 15.1 Å². The Bertz CT molecular complexity index is 856. The van der Waals surface area contributed by atoms with Crippen molar-refractivity contribution in [1.29, 1.82) is 0 Å². The lowest BCUT2D eigenvalue weighted by Gasteiger charge is -2.15. The number of hydrogen-bond acceptors (Lipinski definition) is 6. The van der Waals surface area contributed by atoms with Gasteiger partial charge in [0.2, 0.25) is 5.89 Å². The van der Waals surface area contributed by atoms with Crippen LogP contribution in [0, 0.1) is 6.92 Å². The van der Waals surface area contributed by atoms with Crippen LogP contribution in [0.15, 0.2) is 34.2 Å². The van der Waals surface area contributed by atoms with Gasteiger partial charge in [0.05, 0.1) is 17.2 Å². The highest BCUT2D eigenvalue weighted by atomic mass is 32.1. The van der Waals surface area contributed by atoms with Crippen molar-refractivity contribution in [3.8, 4) is 11.3 Å². The average molecular weight is 342 g/mol. The molecule has 2 aromatic heterocycles. The van der Waals surface area contributed by atoms with Crippen LogP contribution >= 0.6 is 11.3 Å². The lowest BCUT2D eigenvalue weighted by molar-refractivity contribution is 0.0769. The van der Waals surface area contributed by atoms with Crippen molar-refractivity contribution in [2.24, 2.45) is 0 Å². The maximum Gasteiger partial charge on any atom is 0.254 e. The summed E-state index contributed by atoms with van der Waals surface area (Å²) in [4.78, 5) is 22.9. The van der Waals surface area contributed by atoms with Crippen LogP contribution in [0.2, 0.25) is 0 Å². The summed E-state index contributed by atoms with van der Waals surface area (Å²) in [6.07, 6.45) is 0.705. The first-order chi connectivity index (χ1) is 11.6. The van der Waals surface area contributed by atoms with E-state index >= 15 is 0 Å². The van der Waals surface area contributed by atoms with E-state index < -0.39 is 0 Å². The van der Waals surface area contributed by atoms with E-state index in [0.29, 0.717) is 23.7 Å². The van der Waals surface area contributed by atoms with Gasteiger partial charge in [-0.05, 0) is 19.1 Å². The Morgan fingerprint density at radius 2 is 2.17 bits per heavy atom. The number of benzene rings is 1. The molecule has 0 saturated heterocycles. The van der Waals surface area contributed by atoms with Crippen molar-refractivity contribution in [3.63, 3.8) is 0 Å². The first kappa shape index (κ1) is 16.3. The normalized spacial score (nSPS) is 10.8. The second-order valence-electron chi connectivity index (χ2n) is 5.45. The smallest absolute Gasteiger partial charge is 0.254 e. The van der Waals surface area contributed by atoms with Gasteiger partial charge in [0.1, 0.15) is 0 Å². The van der Waals surface area contributed by atoms with E-state index in [4.69, 9.17) is 4.52 Å². The Balaban J connectivity index is 1.76. The molecule has 0 aliphatic carbocycles. The molecule has 0 radical (unpaired) electrons. The molecule has 2 heterocycles. The zero-order valence-electron chi connectivity index (χ0n) is 13.8. The van der Waals surface area contributed by atoms with Gasteiger partial charge in [-0.3, -0.25) is 4.79 Å². The van der Waals surface area contributed by atoms with E-state index in [-0.39, 0.29) is 12.5 Å². The standard InChI is InChI=1S/C17H18N4O2S/c1-4-15-19-16(23-20-15)9-21(3)17(22)13-7-5-6-12(8-13)14-10-24-11(2)18-14/h5-8,10H,4,9H2,1-3H3. The fourth-order valence-corrected chi connectivity index (χ4v) is 2.92. The minimum atomic E-state index is -0.0972. The Morgan fingerprint density at radius 3 is 2.83 bits per heavy atom. The Kier molecular flexibility index (Phi) is 4.71. The second kappa shape index (κ2) is 6.92. The van der Waals surface area contributed by atoms with Gasteiger partial charge in [-0.1, -0.05) is 24.2 Å². The van der Waals surface area contributed by atoms with Gasteiger partial charge in [0.15, 0.2) is 5.82 Å². The largest absolute Gasteiger partial charge is 0.337 e. The minimum absolute atomic E-state index is 0.0972. The van der Waals surface area contributed by atoms with E-state index in [1.54, 1.807) is 29.4 Å². The Labute approximate surface area is 144 Å². The molecule has 6 nitrogen and oxygen atoms in total. The zero-order valence-corrected chi connectivity index (χ0v) is 14.6. The van der Waals surface area contributed by atoms with Gasteiger partial charge in [-0.15, -0.1) is 11.3 Å². The van der Waals surface area contributed by atoms with Crippen LogP contribution in [0.25, 0.3) is 11.3 Å². The number of aromatic nitrogens is 3. The highest BCUT2D eigenvalue weighted by molar-refractivity contribution is 7.09. The van der Waals surface area contributed by atoms with Gasteiger partial charge in [0, 0.05) is 30.0 Å². The molecule has 3 rings (SSSR count). The predicted octanol–water partition coefficient (Wildman–Crippen LogP) is 3.34. The molecule has 0 unspecified atom stereocenters. The first-order valence-corrected chi connectivity index (χ1v) is 8.54. The van der Waals surface area contributed by atoms with Crippen LogP contribution in [0.4, 0.5) is 0 Å². The highest BCUT2D eigenvalue weighted by Crippen LogP contribution is 2.23. The van der Waals surface area contributed by atoms with E-state index in [9.17, 15) is 4.79 Å². The van der Waals surface area contributed by atoms with Gasteiger partial charge in [-0.25, -0.2) is 4.98 Å². The molecule has 3 aromatic rings. The van der Waals surface area contributed by atoms with E-state index in [1.165, 1.54) is 0 Å². The SMILES string of the molecule is CCc1noc(CN(C)C(=O)c2cccc(-c3csc(C)n3)c2)n1. The molecule has 0 N–H and O–H groups in total. The molecule has 0 fully saturated rings. The topological polar surface area (TPSA) is 72.1 Å². The summed E-state index contributed by atoms with van der Waals surface area (Å²) in [5, 5.41) is 6.84. The molecule has 0 aliphatic heterocycles. The Morgan fingerprint density at radius 1 is 1.33 bits per heavy atom. The first-order valence-electron chi connectivity index (χ1n) is 7.66. The summed E-state index contributed by atoms with van der Waals surface area (Å²) in [5.74, 6) is 0.987. The number of aryl methyl sites for hydroxylation is 2. The van der Waals surface area contributed by atoms with Gasteiger partial charge >= 0.3 is 0 Å². The van der Waals surface area contributed by atoms with Gasteiger partial charge in [-0.2, -0.15) is 4.98 Å². The third kappa shape index (κ3) is 3.51. The quantitative estimate of drug-likeness (QED) is 0.711. The second-order valence-corrected chi connectivity index (χ2v) is 6.51. The third-order valence-electron chi connectivity index (χ3n) is 3.57. The summed E-state index contributed by atoms with van der Waals surface area (Å²) in [6, 6.07) is 7.48. The number of carbonyl (C=O) groups is 1. The number of carbonyl (C=O) groups excluding carboxylic acids is 1. The van der Waals surface area contributed by atoms with Crippen LogP contribution in [0.3, 0.4) is 0 Å². The number of amides is 1. The fraction of sp³-hybridized carbons (Fsp3) is 0.294. The van der Waals surface area contributed by atoms with Crippen molar-refractivity contribution in [2.45, 2.75) is 26.8 Å². The summed E-state index contributed by atoms with van der Waals surface area (Å²) >= 11 is 1.59. The molecule has 24 heavy (non-hydrogen) atoms. The van der Waals surface area contributed by atoms with Crippen molar-refractivity contribution in [1.82, 2.24) is 20.0 Å². The maximum atomic E-state index is 12.6. The predicted molar refractivity (Wildman–Crippen MR) is 91.8 cm³/mol.